The normalized spacial score (nSPS) is 26.6. The standard InChI is InChI=1S/C14H21BrN4O/c1-18(2)7-10-5-11(20)8-19(10)13-6-12(15)16-14(17-13)9-3-4-9/h6,9-11,20H,3-5,7-8H2,1-2H3. The van der Waals surface area contributed by atoms with Gasteiger partial charge in [-0.15, -0.1) is 0 Å². The Morgan fingerprint density at radius 2 is 2.15 bits per heavy atom. The van der Waals surface area contributed by atoms with Gasteiger partial charge in [0, 0.05) is 31.1 Å². The molecule has 0 bridgehead atoms. The van der Waals surface area contributed by atoms with Crippen molar-refractivity contribution < 1.29 is 5.11 Å². The average Bonchev–Trinajstić information content (AvgIpc) is 3.13. The molecule has 2 heterocycles. The van der Waals surface area contributed by atoms with E-state index in [1.165, 1.54) is 12.8 Å². The second-order valence-electron chi connectivity index (χ2n) is 6.14. The zero-order chi connectivity index (χ0) is 14.3. The summed E-state index contributed by atoms with van der Waals surface area (Å²) in [6, 6.07) is 2.28. The second kappa shape index (κ2) is 5.58. The van der Waals surface area contributed by atoms with E-state index in [0.717, 1.165) is 29.2 Å². The van der Waals surface area contributed by atoms with Gasteiger partial charge in [0.05, 0.1) is 6.10 Å². The van der Waals surface area contributed by atoms with Crippen molar-refractivity contribution in [2.75, 3.05) is 32.1 Å². The first-order chi connectivity index (χ1) is 9.52. The Balaban J connectivity index is 1.86. The van der Waals surface area contributed by atoms with Crippen LogP contribution in [0.2, 0.25) is 0 Å². The maximum Gasteiger partial charge on any atom is 0.135 e. The van der Waals surface area contributed by atoms with Crippen LogP contribution in [-0.4, -0.2) is 59.3 Å². The Bertz CT molecular complexity index is 492. The molecule has 2 aliphatic rings. The molecule has 6 heteroatoms. The van der Waals surface area contributed by atoms with Gasteiger partial charge in [-0.05, 0) is 49.3 Å². The highest BCUT2D eigenvalue weighted by molar-refractivity contribution is 9.10. The molecule has 2 unspecified atom stereocenters. The molecule has 2 fully saturated rings. The molecule has 3 rings (SSSR count). The third-order valence-corrected chi connectivity index (χ3v) is 4.31. The predicted octanol–water partition coefficient (Wildman–Crippen LogP) is 1.62. The van der Waals surface area contributed by atoms with E-state index in [1.54, 1.807) is 0 Å². The molecule has 110 valence electrons. The molecule has 1 aliphatic carbocycles. The van der Waals surface area contributed by atoms with Crippen molar-refractivity contribution in [3.8, 4) is 0 Å². The Morgan fingerprint density at radius 1 is 1.40 bits per heavy atom. The van der Waals surface area contributed by atoms with Gasteiger partial charge in [0.2, 0.25) is 0 Å². The number of halogens is 1. The number of β-amino-alcohol motifs (C(OH)–C–C–N with tert-alkyl or cyclic N) is 1. The van der Waals surface area contributed by atoms with Crippen molar-refractivity contribution >= 4 is 21.7 Å². The fourth-order valence-corrected chi connectivity index (χ4v) is 3.25. The molecule has 0 radical (unpaired) electrons. The lowest BCUT2D eigenvalue weighted by atomic mass is 10.2. The second-order valence-corrected chi connectivity index (χ2v) is 6.95. The van der Waals surface area contributed by atoms with Crippen LogP contribution in [0, 0.1) is 0 Å². The van der Waals surface area contributed by atoms with Gasteiger partial charge in [0.1, 0.15) is 16.2 Å². The number of aromatic nitrogens is 2. The van der Waals surface area contributed by atoms with Crippen molar-refractivity contribution in [3.63, 3.8) is 0 Å². The van der Waals surface area contributed by atoms with Crippen LogP contribution in [0.25, 0.3) is 0 Å². The van der Waals surface area contributed by atoms with E-state index in [4.69, 9.17) is 4.98 Å². The van der Waals surface area contributed by atoms with Gasteiger partial charge in [0.25, 0.3) is 0 Å². The smallest absolute Gasteiger partial charge is 0.135 e. The number of anilines is 1. The van der Waals surface area contributed by atoms with Crippen LogP contribution in [0.3, 0.4) is 0 Å². The summed E-state index contributed by atoms with van der Waals surface area (Å²) in [4.78, 5) is 13.6. The lowest BCUT2D eigenvalue weighted by Gasteiger charge is -2.28. The van der Waals surface area contributed by atoms with Crippen LogP contribution in [0.15, 0.2) is 10.7 Å². The largest absolute Gasteiger partial charge is 0.391 e. The lowest BCUT2D eigenvalue weighted by Crippen LogP contribution is -2.38. The summed E-state index contributed by atoms with van der Waals surface area (Å²) >= 11 is 3.49. The zero-order valence-corrected chi connectivity index (χ0v) is 13.5. The Labute approximate surface area is 128 Å². The van der Waals surface area contributed by atoms with Gasteiger partial charge in [-0.3, -0.25) is 0 Å². The Hall–Kier alpha value is -0.720. The summed E-state index contributed by atoms with van der Waals surface area (Å²) < 4.78 is 0.842. The summed E-state index contributed by atoms with van der Waals surface area (Å²) in [7, 11) is 4.13. The first-order valence-electron chi connectivity index (χ1n) is 7.17. The summed E-state index contributed by atoms with van der Waals surface area (Å²) in [5, 5.41) is 9.99. The molecular formula is C14H21BrN4O. The van der Waals surface area contributed by atoms with Crippen LogP contribution in [0.1, 0.15) is 31.0 Å². The SMILES string of the molecule is CN(C)CC1CC(O)CN1c1cc(Br)nc(C2CC2)n1. The van der Waals surface area contributed by atoms with E-state index >= 15 is 0 Å². The van der Waals surface area contributed by atoms with E-state index in [0.29, 0.717) is 18.5 Å². The minimum Gasteiger partial charge on any atom is -0.391 e. The van der Waals surface area contributed by atoms with Gasteiger partial charge >= 0.3 is 0 Å². The third kappa shape index (κ3) is 3.13. The minimum atomic E-state index is -0.266. The van der Waals surface area contributed by atoms with E-state index in [-0.39, 0.29) is 6.10 Å². The fraction of sp³-hybridized carbons (Fsp3) is 0.714. The van der Waals surface area contributed by atoms with Crippen LogP contribution in [-0.2, 0) is 0 Å². The number of aliphatic hydroxyl groups excluding tert-OH is 1. The number of hydrogen-bond acceptors (Lipinski definition) is 5. The fourth-order valence-electron chi connectivity index (χ4n) is 2.86. The highest BCUT2D eigenvalue weighted by Crippen LogP contribution is 2.39. The molecule has 0 amide bonds. The van der Waals surface area contributed by atoms with Crippen molar-refractivity contribution in [1.29, 1.82) is 0 Å². The molecule has 1 N–H and O–H groups in total. The minimum absolute atomic E-state index is 0.266. The van der Waals surface area contributed by atoms with Gasteiger partial charge in [-0.25, -0.2) is 9.97 Å². The highest BCUT2D eigenvalue weighted by atomic mass is 79.9. The van der Waals surface area contributed by atoms with Gasteiger partial charge < -0.3 is 14.9 Å². The van der Waals surface area contributed by atoms with Crippen LogP contribution < -0.4 is 4.90 Å². The average molecular weight is 341 g/mol. The molecular weight excluding hydrogens is 320 g/mol. The summed E-state index contributed by atoms with van der Waals surface area (Å²) in [5.74, 6) is 2.42. The van der Waals surface area contributed by atoms with Crippen LogP contribution in [0.5, 0.6) is 0 Å². The third-order valence-electron chi connectivity index (χ3n) is 3.90. The number of aliphatic hydroxyl groups is 1. The number of rotatable bonds is 4. The quantitative estimate of drug-likeness (QED) is 0.844. The van der Waals surface area contributed by atoms with E-state index in [2.05, 4.69) is 44.8 Å². The number of likely N-dealkylation sites (N-methyl/N-ethyl adjacent to an activating group) is 1. The molecule has 5 nitrogen and oxygen atoms in total. The van der Waals surface area contributed by atoms with Crippen molar-refractivity contribution in [2.45, 2.75) is 37.3 Å². The van der Waals surface area contributed by atoms with Crippen molar-refractivity contribution in [2.24, 2.45) is 0 Å². The van der Waals surface area contributed by atoms with E-state index in [9.17, 15) is 5.11 Å². The topological polar surface area (TPSA) is 52.5 Å². The molecule has 20 heavy (non-hydrogen) atoms. The van der Waals surface area contributed by atoms with Crippen LogP contribution in [0.4, 0.5) is 5.82 Å². The molecule has 0 aromatic carbocycles. The maximum atomic E-state index is 9.99. The molecule has 0 spiro atoms. The van der Waals surface area contributed by atoms with E-state index < -0.39 is 0 Å². The van der Waals surface area contributed by atoms with Gasteiger partial charge in [0.15, 0.2) is 0 Å². The lowest BCUT2D eigenvalue weighted by molar-refractivity contribution is 0.191. The zero-order valence-electron chi connectivity index (χ0n) is 12.0. The molecule has 2 atom stereocenters. The van der Waals surface area contributed by atoms with Gasteiger partial charge in [-0.2, -0.15) is 0 Å². The Morgan fingerprint density at radius 3 is 2.80 bits per heavy atom. The van der Waals surface area contributed by atoms with Gasteiger partial charge in [-0.1, -0.05) is 0 Å². The summed E-state index contributed by atoms with van der Waals surface area (Å²) in [6.07, 6.45) is 2.93. The van der Waals surface area contributed by atoms with Crippen LogP contribution >= 0.6 is 15.9 Å². The number of hydrogen-bond donors (Lipinski definition) is 1. The molecule has 1 aromatic heterocycles. The maximum absolute atomic E-state index is 9.99. The number of nitrogens with zero attached hydrogens (tertiary/aromatic N) is 4. The molecule has 1 aliphatic heterocycles. The monoisotopic (exact) mass is 340 g/mol. The molecule has 1 saturated heterocycles. The summed E-state index contributed by atoms with van der Waals surface area (Å²) in [6.45, 7) is 1.59. The summed E-state index contributed by atoms with van der Waals surface area (Å²) in [5.41, 5.74) is 0. The van der Waals surface area contributed by atoms with E-state index in [1.807, 2.05) is 6.07 Å². The first kappa shape index (κ1) is 14.2. The Kier molecular flexibility index (Phi) is 3.97. The van der Waals surface area contributed by atoms with Crippen molar-refractivity contribution in [3.05, 3.63) is 16.5 Å². The molecule has 1 saturated carbocycles. The highest BCUT2D eigenvalue weighted by Gasteiger charge is 2.34. The predicted molar refractivity (Wildman–Crippen MR) is 82.0 cm³/mol. The van der Waals surface area contributed by atoms with Crippen molar-refractivity contribution in [1.82, 2.24) is 14.9 Å². The molecule has 1 aromatic rings. The first-order valence-corrected chi connectivity index (χ1v) is 7.96.